The minimum absolute atomic E-state index is 0.0738. The van der Waals surface area contributed by atoms with E-state index < -0.39 is 17.5 Å². The van der Waals surface area contributed by atoms with Crippen LogP contribution < -0.4 is 9.47 Å². The molecule has 0 amide bonds. The SMILES string of the molecule is COc1cc(C(=O)C(F)(F)F)ccc1OCCCCl. The van der Waals surface area contributed by atoms with Gasteiger partial charge in [-0.05, 0) is 24.6 Å². The van der Waals surface area contributed by atoms with Crippen molar-refractivity contribution < 1.29 is 27.4 Å². The van der Waals surface area contributed by atoms with Crippen molar-refractivity contribution >= 4 is 17.4 Å². The molecule has 0 unspecified atom stereocenters. The normalized spacial score (nSPS) is 11.2. The molecule has 1 rings (SSSR count). The maximum absolute atomic E-state index is 12.3. The number of carbonyl (C=O) groups is 1. The van der Waals surface area contributed by atoms with E-state index in [2.05, 4.69) is 0 Å². The maximum Gasteiger partial charge on any atom is 0.454 e. The molecule has 0 fully saturated rings. The van der Waals surface area contributed by atoms with E-state index in [4.69, 9.17) is 21.1 Å². The Labute approximate surface area is 113 Å². The smallest absolute Gasteiger partial charge is 0.454 e. The molecule has 7 heteroatoms. The van der Waals surface area contributed by atoms with Crippen LogP contribution in [0.25, 0.3) is 0 Å². The van der Waals surface area contributed by atoms with E-state index in [1.807, 2.05) is 0 Å². The molecule has 19 heavy (non-hydrogen) atoms. The van der Waals surface area contributed by atoms with Crippen molar-refractivity contribution in [2.45, 2.75) is 12.6 Å². The topological polar surface area (TPSA) is 35.5 Å². The highest BCUT2D eigenvalue weighted by molar-refractivity contribution is 6.17. The van der Waals surface area contributed by atoms with E-state index in [1.165, 1.54) is 13.2 Å². The number of ether oxygens (including phenoxy) is 2. The minimum Gasteiger partial charge on any atom is -0.493 e. The van der Waals surface area contributed by atoms with Gasteiger partial charge in [-0.2, -0.15) is 13.2 Å². The Morgan fingerprint density at radius 3 is 2.53 bits per heavy atom. The summed E-state index contributed by atoms with van der Waals surface area (Å²) in [5.74, 6) is -1.17. The highest BCUT2D eigenvalue weighted by atomic mass is 35.5. The third kappa shape index (κ3) is 4.31. The van der Waals surface area contributed by atoms with E-state index in [0.29, 0.717) is 18.9 Å². The molecule has 0 spiro atoms. The fourth-order valence-corrected chi connectivity index (χ4v) is 1.44. The van der Waals surface area contributed by atoms with Gasteiger partial charge in [0.25, 0.3) is 5.78 Å². The molecule has 0 saturated heterocycles. The summed E-state index contributed by atoms with van der Waals surface area (Å²) in [6.45, 7) is 0.312. The lowest BCUT2D eigenvalue weighted by atomic mass is 10.1. The quantitative estimate of drug-likeness (QED) is 0.458. The largest absolute Gasteiger partial charge is 0.493 e. The average molecular weight is 297 g/mol. The zero-order chi connectivity index (χ0) is 14.5. The zero-order valence-electron chi connectivity index (χ0n) is 10.1. The molecule has 1 aromatic rings. The van der Waals surface area contributed by atoms with Crippen LogP contribution in [0.1, 0.15) is 16.8 Å². The third-order valence-electron chi connectivity index (χ3n) is 2.22. The third-order valence-corrected chi connectivity index (χ3v) is 2.49. The lowest BCUT2D eigenvalue weighted by molar-refractivity contribution is -0.0885. The number of hydrogen-bond acceptors (Lipinski definition) is 3. The van der Waals surface area contributed by atoms with Crippen molar-refractivity contribution in [2.75, 3.05) is 19.6 Å². The zero-order valence-corrected chi connectivity index (χ0v) is 10.8. The van der Waals surface area contributed by atoms with Crippen LogP contribution in [0.2, 0.25) is 0 Å². The van der Waals surface area contributed by atoms with Gasteiger partial charge in [0, 0.05) is 11.4 Å². The second-order valence-electron chi connectivity index (χ2n) is 3.58. The molecule has 0 heterocycles. The molecule has 0 bridgehead atoms. The van der Waals surface area contributed by atoms with Gasteiger partial charge in [0.15, 0.2) is 11.5 Å². The Hall–Kier alpha value is -1.43. The first-order chi connectivity index (χ1) is 8.90. The number of Topliss-reactive ketones (excluding diaryl/α,β-unsaturated/α-hetero) is 1. The lowest BCUT2D eigenvalue weighted by Crippen LogP contribution is -2.22. The molecule has 0 saturated carbocycles. The number of methoxy groups -OCH3 is 1. The highest BCUT2D eigenvalue weighted by Crippen LogP contribution is 2.31. The Morgan fingerprint density at radius 1 is 1.32 bits per heavy atom. The highest BCUT2D eigenvalue weighted by Gasteiger charge is 2.39. The molecular formula is C12H12ClF3O3. The van der Waals surface area contributed by atoms with E-state index in [1.54, 1.807) is 0 Å². The second-order valence-corrected chi connectivity index (χ2v) is 3.96. The standard InChI is InChI=1S/C12H12ClF3O3/c1-18-10-7-8(11(17)12(14,15)16)3-4-9(10)19-6-2-5-13/h3-4,7H,2,5-6H2,1H3. The predicted octanol–water partition coefficient (Wildman–Crippen LogP) is 3.45. The van der Waals surface area contributed by atoms with Crippen molar-refractivity contribution in [1.29, 1.82) is 0 Å². The van der Waals surface area contributed by atoms with Gasteiger partial charge >= 0.3 is 6.18 Å². The van der Waals surface area contributed by atoms with Crippen molar-refractivity contribution in [1.82, 2.24) is 0 Å². The summed E-state index contributed by atoms with van der Waals surface area (Å²) in [5.41, 5.74) is -0.492. The van der Waals surface area contributed by atoms with Gasteiger partial charge in [-0.25, -0.2) is 0 Å². The Kier molecular flexibility index (Phi) is 5.47. The van der Waals surface area contributed by atoms with E-state index in [0.717, 1.165) is 12.1 Å². The number of benzene rings is 1. The van der Waals surface area contributed by atoms with Crippen LogP contribution in [-0.4, -0.2) is 31.6 Å². The van der Waals surface area contributed by atoms with Gasteiger partial charge in [-0.3, -0.25) is 4.79 Å². The summed E-state index contributed by atoms with van der Waals surface area (Å²) in [6.07, 6.45) is -4.32. The molecule has 0 atom stereocenters. The average Bonchev–Trinajstić information content (AvgIpc) is 2.37. The molecule has 0 N–H and O–H groups in total. The van der Waals surface area contributed by atoms with E-state index in [-0.39, 0.29) is 11.5 Å². The number of carbonyl (C=O) groups excluding carboxylic acids is 1. The van der Waals surface area contributed by atoms with E-state index >= 15 is 0 Å². The lowest BCUT2D eigenvalue weighted by Gasteiger charge is -2.12. The summed E-state index contributed by atoms with van der Waals surface area (Å²) in [5, 5.41) is 0. The van der Waals surface area contributed by atoms with Gasteiger partial charge in [-0.15, -0.1) is 11.6 Å². The van der Waals surface area contributed by atoms with Gasteiger partial charge in [0.1, 0.15) is 0 Å². The van der Waals surface area contributed by atoms with Crippen LogP contribution in [0.3, 0.4) is 0 Å². The number of hydrogen-bond donors (Lipinski definition) is 0. The fraction of sp³-hybridized carbons (Fsp3) is 0.417. The molecule has 3 nitrogen and oxygen atoms in total. The minimum atomic E-state index is -4.91. The number of alkyl halides is 4. The summed E-state index contributed by atoms with van der Waals surface area (Å²) in [7, 11) is 1.28. The molecule has 0 aliphatic carbocycles. The molecule has 0 aliphatic rings. The Balaban J connectivity index is 2.92. The summed E-state index contributed by atoms with van der Waals surface area (Å²) in [6, 6.07) is 3.33. The van der Waals surface area contributed by atoms with Crippen LogP contribution in [0.5, 0.6) is 11.5 Å². The summed E-state index contributed by atoms with van der Waals surface area (Å²) >= 11 is 5.48. The van der Waals surface area contributed by atoms with Crippen LogP contribution in [-0.2, 0) is 0 Å². The molecule has 0 radical (unpaired) electrons. The Morgan fingerprint density at radius 2 is 2.00 bits per heavy atom. The fourth-order valence-electron chi connectivity index (χ4n) is 1.33. The molecule has 1 aromatic carbocycles. The van der Waals surface area contributed by atoms with Gasteiger partial charge < -0.3 is 9.47 Å². The van der Waals surface area contributed by atoms with Crippen LogP contribution in [0, 0.1) is 0 Å². The molecule has 0 aliphatic heterocycles. The van der Waals surface area contributed by atoms with Crippen molar-refractivity contribution in [3.63, 3.8) is 0 Å². The first-order valence-corrected chi connectivity index (χ1v) is 5.92. The Bertz CT molecular complexity index is 446. The van der Waals surface area contributed by atoms with Crippen molar-refractivity contribution in [2.24, 2.45) is 0 Å². The maximum atomic E-state index is 12.3. The van der Waals surface area contributed by atoms with E-state index in [9.17, 15) is 18.0 Å². The number of halogens is 4. The van der Waals surface area contributed by atoms with Crippen LogP contribution in [0.15, 0.2) is 18.2 Å². The van der Waals surface area contributed by atoms with Crippen LogP contribution in [0.4, 0.5) is 13.2 Å². The molecular weight excluding hydrogens is 285 g/mol. The molecule has 0 aromatic heterocycles. The van der Waals surface area contributed by atoms with Crippen LogP contribution >= 0.6 is 11.6 Å². The number of rotatable bonds is 6. The summed E-state index contributed by atoms with van der Waals surface area (Å²) < 4.78 is 47.0. The van der Waals surface area contributed by atoms with Gasteiger partial charge in [-0.1, -0.05) is 0 Å². The first kappa shape index (κ1) is 15.6. The van der Waals surface area contributed by atoms with Crippen molar-refractivity contribution in [3.8, 4) is 11.5 Å². The van der Waals surface area contributed by atoms with Gasteiger partial charge in [0.05, 0.1) is 13.7 Å². The monoisotopic (exact) mass is 296 g/mol. The van der Waals surface area contributed by atoms with Crippen molar-refractivity contribution in [3.05, 3.63) is 23.8 Å². The summed E-state index contributed by atoms with van der Waals surface area (Å²) in [4.78, 5) is 11.1. The second kappa shape index (κ2) is 6.65. The first-order valence-electron chi connectivity index (χ1n) is 5.38. The van der Waals surface area contributed by atoms with Gasteiger partial charge in [0.2, 0.25) is 0 Å². The number of ketones is 1. The predicted molar refractivity (Wildman–Crippen MR) is 64.2 cm³/mol. The molecule has 106 valence electrons.